The molecule has 0 saturated heterocycles. The number of nitriles is 1. The Balaban J connectivity index is 2.38. The lowest BCUT2D eigenvalue weighted by Gasteiger charge is -2.22. The molecule has 0 aromatic carbocycles. The third kappa shape index (κ3) is 4.41. The second-order valence-electron chi connectivity index (χ2n) is 4.29. The van der Waals surface area contributed by atoms with Gasteiger partial charge < -0.3 is 4.57 Å². The van der Waals surface area contributed by atoms with Gasteiger partial charge in [-0.25, -0.2) is 4.98 Å². The predicted molar refractivity (Wildman–Crippen MR) is 70.9 cm³/mol. The highest BCUT2D eigenvalue weighted by Crippen LogP contribution is 2.19. The first-order valence-corrected chi connectivity index (χ1v) is 6.86. The molecule has 0 bridgehead atoms. The summed E-state index contributed by atoms with van der Waals surface area (Å²) < 4.78 is 1.99. The highest BCUT2D eigenvalue weighted by atomic mass is 32.2. The van der Waals surface area contributed by atoms with Gasteiger partial charge in [0.15, 0.2) is 5.16 Å². The lowest BCUT2D eigenvalue weighted by atomic mass is 10.0. The zero-order valence-electron chi connectivity index (χ0n) is 10.7. The maximum absolute atomic E-state index is 9.18. The molecule has 1 aromatic rings. The number of thioether (sulfide) groups is 1. The van der Waals surface area contributed by atoms with Crippen LogP contribution in [0.15, 0.2) is 17.6 Å². The van der Waals surface area contributed by atoms with Crippen LogP contribution in [0.4, 0.5) is 0 Å². The van der Waals surface area contributed by atoms with Gasteiger partial charge in [-0.3, -0.25) is 5.32 Å². The van der Waals surface area contributed by atoms with Crippen molar-refractivity contribution < 1.29 is 0 Å². The fourth-order valence-electron chi connectivity index (χ4n) is 1.42. The van der Waals surface area contributed by atoms with Crippen LogP contribution in [0, 0.1) is 11.3 Å². The molecule has 0 saturated carbocycles. The highest BCUT2D eigenvalue weighted by molar-refractivity contribution is 7.99. The maximum Gasteiger partial charge on any atom is 0.167 e. The van der Waals surface area contributed by atoms with Gasteiger partial charge >= 0.3 is 0 Å². The Morgan fingerprint density at radius 3 is 2.94 bits per heavy atom. The minimum atomic E-state index is -0.422. The molecule has 1 N–H and O–H groups in total. The summed E-state index contributed by atoms with van der Waals surface area (Å²) in [5.41, 5.74) is -0.422. The van der Waals surface area contributed by atoms with Gasteiger partial charge in [0.2, 0.25) is 0 Å². The smallest absolute Gasteiger partial charge is 0.167 e. The summed E-state index contributed by atoms with van der Waals surface area (Å²) >= 11 is 1.69. The Morgan fingerprint density at radius 2 is 2.41 bits per heavy atom. The standard InChI is InChI=1S/C12H20N4S/c1-4-6-15-12(2,10-13)5-9-17-11-14-7-8-16(11)3/h7-8,15H,4-6,9H2,1-3H3. The van der Waals surface area contributed by atoms with Crippen LogP contribution >= 0.6 is 11.8 Å². The Kier molecular flexibility index (Phi) is 5.52. The van der Waals surface area contributed by atoms with E-state index in [0.29, 0.717) is 0 Å². The number of aromatic nitrogens is 2. The van der Waals surface area contributed by atoms with Crippen LogP contribution in [0.1, 0.15) is 26.7 Å². The molecule has 94 valence electrons. The van der Waals surface area contributed by atoms with Gasteiger partial charge in [0.25, 0.3) is 0 Å². The first kappa shape index (κ1) is 14.1. The number of aryl methyl sites for hydroxylation is 1. The summed E-state index contributed by atoms with van der Waals surface area (Å²) in [6.45, 7) is 4.95. The summed E-state index contributed by atoms with van der Waals surface area (Å²) in [5.74, 6) is 0.894. The zero-order valence-corrected chi connectivity index (χ0v) is 11.5. The first-order valence-electron chi connectivity index (χ1n) is 5.87. The number of imidazole rings is 1. The van der Waals surface area contributed by atoms with E-state index in [4.69, 9.17) is 0 Å². The van der Waals surface area contributed by atoms with E-state index in [1.165, 1.54) is 0 Å². The van der Waals surface area contributed by atoms with Gasteiger partial charge in [-0.2, -0.15) is 5.26 Å². The van der Waals surface area contributed by atoms with Crippen molar-refractivity contribution in [1.29, 1.82) is 5.26 Å². The van der Waals surface area contributed by atoms with E-state index in [1.807, 2.05) is 24.7 Å². The summed E-state index contributed by atoms with van der Waals surface area (Å²) in [4.78, 5) is 4.25. The summed E-state index contributed by atoms with van der Waals surface area (Å²) in [6, 6.07) is 2.36. The molecule has 0 radical (unpaired) electrons. The molecule has 1 rings (SSSR count). The van der Waals surface area contributed by atoms with Gasteiger partial charge in [-0.15, -0.1) is 0 Å². The Hall–Kier alpha value is -0.990. The summed E-state index contributed by atoms with van der Waals surface area (Å²) in [6.07, 6.45) is 5.59. The van der Waals surface area contributed by atoms with Crippen LogP contribution in [0.25, 0.3) is 0 Å². The van der Waals surface area contributed by atoms with Crippen molar-refractivity contribution in [1.82, 2.24) is 14.9 Å². The fraction of sp³-hybridized carbons (Fsp3) is 0.667. The molecule has 5 heteroatoms. The van der Waals surface area contributed by atoms with Crippen molar-refractivity contribution in [2.45, 2.75) is 37.4 Å². The molecular formula is C12H20N4S. The van der Waals surface area contributed by atoms with Crippen molar-refractivity contribution in [3.63, 3.8) is 0 Å². The van der Waals surface area contributed by atoms with Gasteiger partial charge in [0.1, 0.15) is 5.54 Å². The van der Waals surface area contributed by atoms with Gasteiger partial charge in [0, 0.05) is 25.2 Å². The second-order valence-corrected chi connectivity index (χ2v) is 5.35. The number of hydrogen-bond acceptors (Lipinski definition) is 4. The lowest BCUT2D eigenvalue weighted by molar-refractivity contribution is 0.437. The summed E-state index contributed by atoms with van der Waals surface area (Å²) in [5, 5.41) is 13.5. The van der Waals surface area contributed by atoms with Crippen molar-refractivity contribution >= 4 is 11.8 Å². The lowest BCUT2D eigenvalue weighted by Crippen LogP contribution is -2.41. The predicted octanol–water partition coefficient (Wildman–Crippen LogP) is 2.18. The average Bonchev–Trinajstić information content (AvgIpc) is 2.73. The molecule has 1 aromatic heterocycles. The number of nitrogens with one attached hydrogen (secondary N) is 1. The quantitative estimate of drug-likeness (QED) is 0.756. The Bertz CT molecular complexity index is 382. The monoisotopic (exact) mass is 252 g/mol. The third-order valence-corrected chi connectivity index (χ3v) is 3.68. The number of rotatable bonds is 7. The molecular weight excluding hydrogens is 232 g/mol. The topological polar surface area (TPSA) is 53.6 Å². The van der Waals surface area contributed by atoms with E-state index < -0.39 is 5.54 Å². The van der Waals surface area contributed by atoms with E-state index in [0.717, 1.165) is 30.3 Å². The third-order valence-electron chi connectivity index (χ3n) is 2.62. The first-order chi connectivity index (χ1) is 8.11. The van der Waals surface area contributed by atoms with Crippen LogP contribution in [0.3, 0.4) is 0 Å². The Labute approximate surface area is 107 Å². The van der Waals surface area contributed by atoms with E-state index >= 15 is 0 Å². The minimum absolute atomic E-state index is 0.422. The molecule has 0 spiro atoms. The van der Waals surface area contributed by atoms with E-state index in [-0.39, 0.29) is 0 Å². The van der Waals surface area contributed by atoms with E-state index in [1.54, 1.807) is 18.0 Å². The van der Waals surface area contributed by atoms with Crippen LogP contribution in [0.5, 0.6) is 0 Å². The second kappa shape index (κ2) is 6.67. The molecule has 1 heterocycles. The van der Waals surface area contributed by atoms with Crippen LogP contribution in [0.2, 0.25) is 0 Å². The van der Waals surface area contributed by atoms with Gasteiger partial charge in [0.05, 0.1) is 6.07 Å². The van der Waals surface area contributed by atoms with Crippen LogP contribution in [-0.4, -0.2) is 27.4 Å². The van der Waals surface area contributed by atoms with E-state index in [2.05, 4.69) is 23.3 Å². The van der Waals surface area contributed by atoms with Crippen LogP contribution in [-0.2, 0) is 7.05 Å². The number of hydrogen-bond donors (Lipinski definition) is 1. The van der Waals surface area contributed by atoms with Gasteiger partial charge in [-0.1, -0.05) is 18.7 Å². The molecule has 0 amide bonds. The molecule has 0 aliphatic heterocycles. The zero-order chi connectivity index (χ0) is 12.7. The molecule has 0 fully saturated rings. The molecule has 1 atom stereocenters. The summed E-state index contributed by atoms with van der Waals surface area (Å²) in [7, 11) is 1.98. The molecule has 0 aliphatic rings. The van der Waals surface area contributed by atoms with Crippen molar-refractivity contribution in [2.75, 3.05) is 12.3 Å². The average molecular weight is 252 g/mol. The normalized spacial score (nSPS) is 14.2. The number of nitrogens with zero attached hydrogens (tertiary/aromatic N) is 3. The maximum atomic E-state index is 9.18. The van der Waals surface area contributed by atoms with Crippen molar-refractivity contribution in [3.05, 3.63) is 12.4 Å². The molecule has 1 unspecified atom stereocenters. The molecule has 4 nitrogen and oxygen atoms in total. The SMILES string of the molecule is CCCNC(C)(C#N)CCSc1nccn1C. The van der Waals surface area contributed by atoms with Gasteiger partial charge in [-0.05, 0) is 26.3 Å². The Morgan fingerprint density at radius 1 is 1.65 bits per heavy atom. The fourth-order valence-corrected chi connectivity index (χ4v) is 2.51. The highest BCUT2D eigenvalue weighted by Gasteiger charge is 2.22. The largest absolute Gasteiger partial charge is 0.329 e. The minimum Gasteiger partial charge on any atom is -0.329 e. The van der Waals surface area contributed by atoms with Crippen molar-refractivity contribution in [3.8, 4) is 6.07 Å². The molecule has 0 aliphatic carbocycles. The van der Waals surface area contributed by atoms with Crippen molar-refractivity contribution in [2.24, 2.45) is 7.05 Å². The molecule has 17 heavy (non-hydrogen) atoms. The van der Waals surface area contributed by atoms with Crippen LogP contribution < -0.4 is 5.32 Å². The van der Waals surface area contributed by atoms with E-state index in [9.17, 15) is 5.26 Å².